The first-order valence-electron chi connectivity index (χ1n) is 11.2. The molecule has 4 aromatic rings. The zero-order valence-corrected chi connectivity index (χ0v) is 21.1. The molecular weight excluding hydrogens is 430 g/mol. The summed E-state index contributed by atoms with van der Waals surface area (Å²) in [7, 11) is 6.00. The van der Waals surface area contributed by atoms with E-state index in [2.05, 4.69) is 0 Å². The van der Waals surface area contributed by atoms with Gasteiger partial charge in [-0.1, -0.05) is 80.2 Å². The zero-order chi connectivity index (χ0) is 24.4. The Hall–Kier alpha value is -2.96. The molecule has 4 rings (SSSR count). The van der Waals surface area contributed by atoms with Crippen molar-refractivity contribution in [2.45, 2.75) is 37.7 Å². The second kappa shape index (κ2) is 12.9. The third-order valence-corrected chi connectivity index (χ3v) is 5.75. The van der Waals surface area contributed by atoms with E-state index in [0.717, 1.165) is 22.6 Å². The molecule has 0 aliphatic rings. The summed E-state index contributed by atoms with van der Waals surface area (Å²) >= 11 is 1.31. The lowest BCUT2D eigenvalue weighted by atomic mass is 10.1. The van der Waals surface area contributed by atoms with Gasteiger partial charge >= 0.3 is 0 Å². The van der Waals surface area contributed by atoms with Gasteiger partial charge in [-0.3, -0.25) is 9.36 Å². The summed E-state index contributed by atoms with van der Waals surface area (Å²) in [5.74, 6) is 0. The Morgan fingerprint density at radius 2 is 1.52 bits per heavy atom. The highest BCUT2D eigenvalue weighted by molar-refractivity contribution is 8.00. The monoisotopic (exact) mass is 463 g/mol. The smallest absolute Gasteiger partial charge is 0.262 e. The molecular formula is C27H33N3O2S. The van der Waals surface area contributed by atoms with Crippen molar-refractivity contribution in [3.8, 4) is 0 Å². The molecule has 0 aliphatic carbocycles. The van der Waals surface area contributed by atoms with Crippen LogP contribution in [0.3, 0.4) is 0 Å². The molecule has 174 valence electrons. The van der Waals surface area contributed by atoms with Crippen LogP contribution in [0, 0.1) is 0 Å². The quantitative estimate of drug-likeness (QED) is 0.162. The number of benzene rings is 3. The SMILES string of the molecule is CC.CCn1c(SC(C=O)c2ccccc2)nc2cc3ccccc3cc2c1=O.CN(C)C. The highest BCUT2D eigenvalue weighted by Crippen LogP contribution is 2.33. The molecule has 0 N–H and O–H groups in total. The van der Waals surface area contributed by atoms with Gasteiger partial charge in [0.05, 0.1) is 16.2 Å². The van der Waals surface area contributed by atoms with Gasteiger partial charge in [0, 0.05) is 6.54 Å². The van der Waals surface area contributed by atoms with Crippen molar-refractivity contribution in [1.29, 1.82) is 0 Å². The fourth-order valence-corrected chi connectivity index (χ4v) is 4.25. The van der Waals surface area contributed by atoms with E-state index in [-0.39, 0.29) is 5.56 Å². The van der Waals surface area contributed by atoms with Crippen molar-refractivity contribution in [2.75, 3.05) is 21.1 Å². The van der Waals surface area contributed by atoms with Gasteiger partial charge < -0.3 is 9.69 Å². The molecule has 6 heteroatoms. The Balaban J connectivity index is 0.000000582. The summed E-state index contributed by atoms with van der Waals surface area (Å²) in [6, 6.07) is 21.3. The van der Waals surface area contributed by atoms with Crippen LogP contribution in [0.4, 0.5) is 0 Å². The highest BCUT2D eigenvalue weighted by Gasteiger charge is 2.18. The molecule has 1 aromatic heterocycles. The Labute approximate surface area is 200 Å². The number of thioether (sulfide) groups is 1. The van der Waals surface area contributed by atoms with E-state index >= 15 is 0 Å². The lowest BCUT2D eigenvalue weighted by Crippen LogP contribution is -2.23. The number of carbonyl (C=O) groups excluding carboxylic acids is 1. The maximum Gasteiger partial charge on any atom is 0.262 e. The summed E-state index contributed by atoms with van der Waals surface area (Å²) in [5.41, 5.74) is 1.48. The van der Waals surface area contributed by atoms with Crippen LogP contribution in [0.15, 0.2) is 76.7 Å². The van der Waals surface area contributed by atoms with Gasteiger partial charge in [0.2, 0.25) is 0 Å². The molecule has 0 saturated heterocycles. The van der Waals surface area contributed by atoms with E-state index in [0.29, 0.717) is 22.6 Å². The number of carbonyl (C=O) groups is 1. The average molecular weight is 464 g/mol. The van der Waals surface area contributed by atoms with Crippen LogP contribution in [0.25, 0.3) is 21.7 Å². The zero-order valence-electron chi connectivity index (χ0n) is 20.3. The van der Waals surface area contributed by atoms with E-state index < -0.39 is 5.25 Å². The molecule has 3 aromatic carbocycles. The highest BCUT2D eigenvalue weighted by atomic mass is 32.2. The number of hydrogen-bond donors (Lipinski definition) is 0. The third-order valence-electron chi connectivity index (χ3n) is 4.59. The number of fused-ring (bicyclic) bond motifs is 2. The average Bonchev–Trinajstić information content (AvgIpc) is 2.83. The normalized spacial score (nSPS) is 11.4. The second-order valence-electron chi connectivity index (χ2n) is 7.59. The molecule has 1 atom stereocenters. The molecule has 0 radical (unpaired) electrons. The maximum absolute atomic E-state index is 13.1. The van der Waals surface area contributed by atoms with Crippen LogP contribution in [0.1, 0.15) is 31.6 Å². The van der Waals surface area contributed by atoms with Crippen molar-refractivity contribution < 1.29 is 4.79 Å². The predicted octanol–water partition coefficient (Wildman–Crippen LogP) is 5.81. The van der Waals surface area contributed by atoms with Gasteiger partial charge in [-0.05, 0) is 56.5 Å². The molecule has 33 heavy (non-hydrogen) atoms. The van der Waals surface area contributed by atoms with E-state index in [1.54, 1.807) is 4.57 Å². The van der Waals surface area contributed by atoms with Gasteiger partial charge in [0.15, 0.2) is 5.16 Å². The van der Waals surface area contributed by atoms with Crippen molar-refractivity contribution in [3.63, 3.8) is 0 Å². The van der Waals surface area contributed by atoms with E-state index in [9.17, 15) is 9.59 Å². The summed E-state index contributed by atoms with van der Waals surface area (Å²) in [6.45, 7) is 6.41. The molecule has 0 spiro atoms. The fraction of sp³-hybridized carbons (Fsp3) is 0.296. The van der Waals surface area contributed by atoms with Crippen LogP contribution in [-0.2, 0) is 11.3 Å². The minimum Gasteiger partial charge on any atom is -0.312 e. The molecule has 0 bridgehead atoms. The van der Waals surface area contributed by atoms with E-state index in [1.165, 1.54) is 11.8 Å². The second-order valence-corrected chi connectivity index (χ2v) is 8.70. The standard InChI is InChI=1S/C22H18N2O2S.C3H9N.C2H6/c1-2-24-21(26)18-12-16-10-6-7-11-17(16)13-19(18)23-22(24)27-20(14-25)15-8-4-3-5-9-15;1-4(2)3;1-2/h3-14,20H,2H2,1H3;1-3H3;1-2H3. The molecule has 1 heterocycles. The fourth-order valence-electron chi connectivity index (χ4n) is 3.19. The Morgan fingerprint density at radius 3 is 2.06 bits per heavy atom. The molecule has 1 unspecified atom stereocenters. The van der Waals surface area contributed by atoms with Crippen LogP contribution in [0.5, 0.6) is 0 Å². The van der Waals surface area contributed by atoms with Crippen molar-refractivity contribution in [2.24, 2.45) is 0 Å². The topological polar surface area (TPSA) is 55.2 Å². The largest absolute Gasteiger partial charge is 0.312 e. The first kappa shape index (κ1) is 26.3. The van der Waals surface area contributed by atoms with Crippen molar-refractivity contribution in [1.82, 2.24) is 14.5 Å². The number of rotatable bonds is 5. The number of hydrogen-bond acceptors (Lipinski definition) is 5. The van der Waals surface area contributed by atoms with Gasteiger partial charge in [0.1, 0.15) is 6.29 Å². The van der Waals surface area contributed by atoms with Crippen LogP contribution in [0.2, 0.25) is 0 Å². The lowest BCUT2D eigenvalue weighted by molar-refractivity contribution is -0.107. The molecule has 5 nitrogen and oxygen atoms in total. The molecule has 0 saturated carbocycles. The molecule has 0 amide bonds. The predicted molar refractivity (Wildman–Crippen MR) is 141 cm³/mol. The van der Waals surface area contributed by atoms with Crippen molar-refractivity contribution >= 4 is 39.7 Å². The minimum atomic E-state index is -0.409. The van der Waals surface area contributed by atoms with E-state index in [1.807, 2.05) is 114 Å². The van der Waals surface area contributed by atoms with E-state index in [4.69, 9.17) is 4.98 Å². The Bertz CT molecular complexity index is 1230. The number of aromatic nitrogens is 2. The lowest BCUT2D eigenvalue weighted by Gasteiger charge is -2.15. The maximum atomic E-state index is 13.1. The van der Waals surface area contributed by atoms with Crippen LogP contribution < -0.4 is 5.56 Å². The molecule has 0 fully saturated rings. The Kier molecular flexibility index (Phi) is 10.3. The van der Waals surface area contributed by atoms with Gasteiger partial charge in [0.25, 0.3) is 5.56 Å². The molecule has 0 aliphatic heterocycles. The van der Waals surface area contributed by atoms with Gasteiger partial charge in [-0.2, -0.15) is 0 Å². The van der Waals surface area contributed by atoms with Crippen molar-refractivity contribution in [3.05, 3.63) is 82.6 Å². The first-order valence-corrected chi connectivity index (χ1v) is 12.0. The third kappa shape index (κ3) is 6.76. The first-order chi connectivity index (χ1) is 15.9. The number of nitrogens with zero attached hydrogens (tertiary/aromatic N) is 3. The van der Waals surface area contributed by atoms with Crippen LogP contribution in [-0.4, -0.2) is 41.9 Å². The van der Waals surface area contributed by atoms with Gasteiger partial charge in [-0.15, -0.1) is 0 Å². The number of aldehydes is 1. The minimum absolute atomic E-state index is 0.0755. The summed E-state index contributed by atoms with van der Waals surface area (Å²) in [4.78, 5) is 31.5. The van der Waals surface area contributed by atoms with Gasteiger partial charge in [-0.25, -0.2) is 4.98 Å². The summed E-state index contributed by atoms with van der Waals surface area (Å²) in [6.07, 6.45) is 0.900. The summed E-state index contributed by atoms with van der Waals surface area (Å²) in [5, 5.41) is 2.81. The summed E-state index contributed by atoms with van der Waals surface area (Å²) < 4.78 is 1.64. The Morgan fingerprint density at radius 1 is 0.970 bits per heavy atom. The van der Waals surface area contributed by atoms with Crippen LogP contribution >= 0.6 is 11.8 Å².